The van der Waals surface area contributed by atoms with Gasteiger partial charge in [0.1, 0.15) is 0 Å². The van der Waals surface area contributed by atoms with Gasteiger partial charge in [0.05, 0.1) is 4.88 Å². The van der Waals surface area contributed by atoms with Crippen molar-refractivity contribution in [2.75, 3.05) is 5.32 Å². The number of carbonyl (C=O) groups excluding carboxylic acids is 1. The number of hydrogen-bond acceptors (Lipinski definition) is 5. The van der Waals surface area contributed by atoms with Gasteiger partial charge in [-0.25, -0.2) is 0 Å². The summed E-state index contributed by atoms with van der Waals surface area (Å²) in [4.78, 5) is 12.4. The molecule has 0 aliphatic heterocycles. The Kier molecular flexibility index (Phi) is 3.30. The highest BCUT2D eigenvalue weighted by atomic mass is 32.1. The number of hydrogen-bond donors (Lipinski definition) is 1. The van der Waals surface area contributed by atoms with E-state index in [1.165, 1.54) is 11.3 Å². The molecule has 0 radical (unpaired) electrons. The lowest BCUT2D eigenvalue weighted by Crippen LogP contribution is -2.10. The maximum absolute atomic E-state index is 11.8. The van der Waals surface area contributed by atoms with Gasteiger partial charge in [-0.2, -0.15) is 0 Å². The second kappa shape index (κ2) is 5.26. The number of carbonyl (C=O) groups is 1. The molecule has 0 spiro atoms. The highest BCUT2D eigenvalue weighted by Gasteiger charge is 2.13. The van der Waals surface area contributed by atoms with Gasteiger partial charge in [-0.3, -0.25) is 10.1 Å². The molecule has 1 aromatic carbocycles. The van der Waals surface area contributed by atoms with Crippen LogP contribution in [0.4, 0.5) is 6.01 Å². The molecule has 0 saturated carbocycles. The summed E-state index contributed by atoms with van der Waals surface area (Å²) >= 11 is 1.35. The zero-order valence-electron chi connectivity index (χ0n) is 10.7. The maximum Gasteiger partial charge on any atom is 0.322 e. The largest absolute Gasteiger partial charge is 0.403 e. The molecule has 3 rings (SSSR count). The number of rotatable bonds is 3. The zero-order valence-corrected chi connectivity index (χ0v) is 11.5. The number of nitrogens with one attached hydrogen (secondary N) is 1. The number of aromatic nitrogens is 2. The van der Waals surface area contributed by atoms with E-state index in [2.05, 4.69) is 15.5 Å². The molecule has 0 unspecified atom stereocenters. The maximum atomic E-state index is 11.8. The van der Waals surface area contributed by atoms with Crippen molar-refractivity contribution in [3.8, 4) is 11.5 Å². The molecule has 0 saturated heterocycles. The molecule has 0 aliphatic rings. The van der Waals surface area contributed by atoms with E-state index in [0.717, 1.165) is 11.1 Å². The fraction of sp³-hybridized carbons (Fsp3) is 0.0714. The summed E-state index contributed by atoms with van der Waals surface area (Å²) in [6, 6.07) is 11.4. The third-order valence-electron chi connectivity index (χ3n) is 2.66. The van der Waals surface area contributed by atoms with Crippen molar-refractivity contribution in [1.82, 2.24) is 10.2 Å². The highest BCUT2D eigenvalue weighted by molar-refractivity contribution is 7.12. The van der Waals surface area contributed by atoms with E-state index < -0.39 is 0 Å². The lowest BCUT2D eigenvalue weighted by Gasteiger charge is -1.97. The van der Waals surface area contributed by atoms with Gasteiger partial charge in [0.25, 0.3) is 5.91 Å². The van der Waals surface area contributed by atoms with Crippen LogP contribution in [0.15, 0.2) is 46.2 Å². The smallest absolute Gasteiger partial charge is 0.322 e. The van der Waals surface area contributed by atoms with E-state index in [0.29, 0.717) is 10.8 Å². The quantitative estimate of drug-likeness (QED) is 0.801. The van der Waals surface area contributed by atoms with Gasteiger partial charge >= 0.3 is 6.01 Å². The van der Waals surface area contributed by atoms with E-state index in [1.54, 1.807) is 6.07 Å². The molecular weight excluding hydrogens is 274 g/mol. The average Bonchev–Trinajstić information content (AvgIpc) is 3.10. The van der Waals surface area contributed by atoms with Crippen molar-refractivity contribution < 1.29 is 9.21 Å². The molecule has 0 aliphatic carbocycles. The van der Waals surface area contributed by atoms with Gasteiger partial charge in [-0.05, 0) is 30.5 Å². The number of thiophene rings is 1. The molecule has 2 aromatic heterocycles. The zero-order chi connectivity index (χ0) is 13.9. The van der Waals surface area contributed by atoms with Crippen molar-refractivity contribution in [2.45, 2.75) is 6.92 Å². The third kappa shape index (κ3) is 2.60. The standard InChI is InChI=1S/C14H11N3O2S/c1-9-4-2-5-10(8-9)13-16-17-14(19-13)15-12(18)11-6-3-7-20-11/h2-8H,1H3,(H,15,17,18). The molecule has 0 bridgehead atoms. The summed E-state index contributed by atoms with van der Waals surface area (Å²) in [6.45, 7) is 1.99. The van der Waals surface area contributed by atoms with Gasteiger partial charge in [0.2, 0.25) is 5.89 Å². The van der Waals surface area contributed by atoms with Gasteiger partial charge in [-0.15, -0.1) is 16.4 Å². The Morgan fingerprint density at radius 1 is 1.25 bits per heavy atom. The van der Waals surface area contributed by atoms with Gasteiger partial charge in [0, 0.05) is 5.56 Å². The normalized spacial score (nSPS) is 10.4. The number of aryl methyl sites for hydroxylation is 1. The fourth-order valence-corrected chi connectivity index (χ4v) is 2.35. The lowest BCUT2D eigenvalue weighted by molar-refractivity contribution is 0.102. The van der Waals surface area contributed by atoms with E-state index in [-0.39, 0.29) is 11.9 Å². The molecule has 2 heterocycles. The Labute approximate surface area is 119 Å². The van der Waals surface area contributed by atoms with Gasteiger partial charge in [0.15, 0.2) is 0 Å². The van der Waals surface area contributed by atoms with Crippen LogP contribution in [0.5, 0.6) is 0 Å². The minimum atomic E-state index is -0.251. The monoisotopic (exact) mass is 285 g/mol. The molecule has 1 N–H and O–H groups in total. The van der Waals surface area contributed by atoms with Crippen LogP contribution in [-0.2, 0) is 0 Å². The molecule has 5 nitrogen and oxygen atoms in total. The molecule has 0 atom stereocenters. The van der Waals surface area contributed by atoms with Crippen LogP contribution in [0.2, 0.25) is 0 Å². The lowest BCUT2D eigenvalue weighted by atomic mass is 10.1. The molecule has 0 fully saturated rings. The second-order valence-corrected chi connectivity index (χ2v) is 5.16. The SMILES string of the molecule is Cc1cccc(-c2nnc(NC(=O)c3cccs3)o2)c1. The van der Waals surface area contributed by atoms with Crippen LogP contribution in [0.3, 0.4) is 0 Å². The van der Waals surface area contributed by atoms with Crippen LogP contribution < -0.4 is 5.32 Å². The van der Waals surface area contributed by atoms with Crippen LogP contribution in [0.1, 0.15) is 15.2 Å². The Morgan fingerprint density at radius 3 is 2.90 bits per heavy atom. The predicted molar refractivity (Wildman–Crippen MR) is 76.7 cm³/mol. The summed E-state index contributed by atoms with van der Waals surface area (Å²) in [5.74, 6) is 0.134. The summed E-state index contributed by atoms with van der Waals surface area (Å²) in [7, 11) is 0. The van der Waals surface area contributed by atoms with E-state index in [1.807, 2.05) is 42.6 Å². The topological polar surface area (TPSA) is 68.0 Å². The van der Waals surface area contributed by atoms with Crippen LogP contribution >= 0.6 is 11.3 Å². The average molecular weight is 285 g/mol. The van der Waals surface area contributed by atoms with Crippen molar-refractivity contribution in [2.24, 2.45) is 0 Å². The molecule has 3 aromatic rings. The van der Waals surface area contributed by atoms with Crippen LogP contribution in [-0.4, -0.2) is 16.1 Å². The van der Waals surface area contributed by atoms with Crippen LogP contribution in [0.25, 0.3) is 11.5 Å². The molecular formula is C14H11N3O2S. The molecule has 100 valence electrons. The summed E-state index contributed by atoms with van der Waals surface area (Å²) in [6.07, 6.45) is 0. The first kappa shape index (κ1) is 12.6. The summed E-state index contributed by atoms with van der Waals surface area (Å²) in [5.41, 5.74) is 1.93. The van der Waals surface area contributed by atoms with E-state index in [9.17, 15) is 4.79 Å². The summed E-state index contributed by atoms with van der Waals surface area (Å²) in [5, 5.41) is 12.2. The molecule has 20 heavy (non-hydrogen) atoms. The minimum absolute atomic E-state index is 0.0971. The van der Waals surface area contributed by atoms with E-state index >= 15 is 0 Å². The first-order valence-corrected chi connectivity index (χ1v) is 6.86. The first-order chi connectivity index (χ1) is 9.72. The van der Waals surface area contributed by atoms with Crippen molar-refractivity contribution >= 4 is 23.3 Å². The highest BCUT2D eigenvalue weighted by Crippen LogP contribution is 2.21. The van der Waals surface area contributed by atoms with Crippen molar-refractivity contribution in [3.63, 3.8) is 0 Å². The number of benzene rings is 1. The molecule has 1 amide bonds. The fourth-order valence-electron chi connectivity index (χ4n) is 1.73. The van der Waals surface area contributed by atoms with Crippen molar-refractivity contribution in [3.05, 3.63) is 52.2 Å². The predicted octanol–water partition coefficient (Wildman–Crippen LogP) is 3.36. The van der Waals surface area contributed by atoms with Crippen LogP contribution in [0, 0.1) is 6.92 Å². The van der Waals surface area contributed by atoms with Gasteiger partial charge < -0.3 is 4.42 Å². The number of anilines is 1. The molecule has 6 heteroatoms. The minimum Gasteiger partial charge on any atom is -0.403 e. The Morgan fingerprint density at radius 2 is 2.15 bits per heavy atom. The Hall–Kier alpha value is -2.47. The Bertz CT molecular complexity index is 734. The second-order valence-electron chi connectivity index (χ2n) is 4.21. The number of nitrogens with zero attached hydrogens (tertiary/aromatic N) is 2. The third-order valence-corrected chi connectivity index (χ3v) is 3.52. The Balaban J connectivity index is 1.79. The van der Waals surface area contributed by atoms with Gasteiger partial charge in [-0.1, -0.05) is 28.9 Å². The number of amides is 1. The first-order valence-electron chi connectivity index (χ1n) is 5.98. The van der Waals surface area contributed by atoms with E-state index in [4.69, 9.17) is 4.42 Å². The van der Waals surface area contributed by atoms with Crippen molar-refractivity contribution in [1.29, 1.82) is 0 Å². The summed E-state index contributed by atoms with van der Waals surface area (Å²) < 4.78 is 5.44.